The summed E-state index contributed by atoms with van der Waals surface area (Å²) in [4.78, 5) is 2.12. The zero-order valence-electron chi connectivity index (χ0n) is 9.26. The first-order valence-corrected chi connectivity index (χ1v) is 5.33. The summed E-state index contributed by atoms with van der Waals surface area (Å²) in [7, 11) is 0. The van der Waals surface area contributed by atoms with E-state index >= 15 is 0 Å². The molecule has 1 aromatic rings. The van der Waals surface area contributed by atoms with Gasteiger partial charge >= 0.3 is 0 Å². The van der Waals surface area contributed by atoms with Crippen LogP contribution in [0.4, 0.5) is 5.69 Å². The molecule has 1 aliphatic heterocycles. The van der Waals surface area contributed by atoms with E-state index in [1.807, 2.05) is 36.6 Å². The predicted molar refractivity (Wildman–Crippen MR) is 71.3 cm³/mol. The highest BCUT2D eigenvalue weighted by Crippen LogP contribution is 2.27. The van der Waals surface area contributed by atoms with Crippen molar-refractivity contribution < 1.29 is 0 Å². The van der Waals surface area contributed by atoms with Gasteiger partial charge in [-0.15, -0.1) is 0 Å². The Morgan fingerprint density at radius 1 is 1.19 bits per heavy atom. The Bertz CT molecular complexity index is 466. The molecule has 80 valence electrons. The monoisotopic (exact) mass is 209 g/mol. The predicted octanol–water partition coefficient (Wildman–Crippen LogP) is 3.78. The lowest BCUT2D eigenvalue weighted by atomic mass is 10.0. The van der Waals surface area contributed by atoms with Gasteiger partial charge in [0.2, 0.25) is 0 Å². The molecule has 1 aromatic carbocycles. The van der Waals surface area contributed by atoms with Gasteiger partial charge in [-0.3, -0.25) is 0 Å². The van der Waals surface area contributed by atoms with Crippen LogP contribution < -0.4 is 4.90 Å². The topological polar surface area (TPSA) is 3.24 Å². The summed E-state index contributed by atoms with van der Waals surface area (Å²) < 4.78 is 0. The fraction of sp³-hybridized carbons (Fsp3) is 0.0667. The molecule has 1 nitrogen and oxygen atoms in total. The second kappa shape index (κ2) is 4.67. The third-order valence-electron chi connectivity index (χ3n) is 2.63. The smallest absolute Gasteiger partial charge is 0.0488 e. The maximum atomic E-state index is 4.09. The SMILES string of the molecule is C=CN1C/C=C\C=C/C(=C)c2ccccc21. The van der Waals surface area contributed by atoms with Crippen LogP contribution >= 0.6 is 0 Å². The van der Waals surface area contributed by atoms with Crippen LogP contribution in [0.25, 0.3) is 5.57 Å². The first-order chi connectivity index (χ1) is 7.83. The van der Waals surface area contributed by atoms with E-state index in [-0.39, 0.29) is 0 Å². The van der Waals surface area contributed by atoms with Crippen LogP contribution in [-0.2, 0) is 0 Å². The van der Waals surface area contributed by atoms with E-state index < -0.39 is 0 Å². The van der Waals surface area contributed by atoms with Crippen molar-refractivity contribution in [3.63, 3.8) is 0 Å². The maximum Gasteiger partial charge on any atom is 0.0488 e. The molecule has 0 spiro atoms. The van der Waals surface area contributed by atoms with Gasteiger partial charge in [-0.05, 0) is 17.8 Å². The Kier molecular flexibility index (Phi) is 3.06. The Morgan fingerprint density at radius 3 is 2.81 bits per heavy atom. The van der Waals surface area contributed by atoms with Gasteiger partial charge in [0.1, 0.15) is 0 Å². The number of rotatable bonds is 1. The minimum atomic E-state index is 0.831. The molecular formula is C15H15N. The number of nitrogens with zero attached hydrogens (tertiary/aromatic N) is 1. The average Bonchev–Trinajstić information content (AvgIpc) is 2.40. The normalized spacial score (nSPS) is 19.0. The Hall–Kier alpha value is -2.02. The lowest BCUT2D eigenvalue weighted by molar-refractivity contribution is 1.09. The van der Waals surface area contributed by atoms with Gasteiger partial charge in [0.15, 0.2) is 0 Å². The number of anilines is 1. The largest absolute Gasteiger partial charge is 0.344 e. The zero-order valence-corrected chi connectivity index (χ0v) is 9.26. The summed E-state index contributed by atoms with van der Waals surface area (Å²) in [6, 6.07) is 8.25. The van der Waals surface area contributed by atoms with Crippen LogP contribution in [-0.4, -0.2) is 6.54 Å². The molecule has 1 aliphatic rings. The van der Waals surface area contributed by atoms with Crippen molar-refractivity contribution in [2.24, 2.45) is 0 Å². The van der Waals surface area contributed by atoms with Crippen LogP contribution in [0.1, 0.15) is 5.56 Å². The number of fused-ring (bicyclic) bond motifs is 1. The van der Waals surface area contributed by atoms with Crippen molar-refractivity contribution in [2.45, 2.75) is 0 Å². The third-order valence-corrected chi connectivity index (χ3v) is 2.63. The van der Waals surface area contributed by atoms with Gasteiger partial charge in [-0.2, -0.15) is 0 Å². The second-order valence-electron chi connectivity index (χ2n) is 3.66. The molecule has 1 heteroatoms. The van der Waals surface area contributed by atoms with E-state index in [4.69, 9.17) is 0 Å². The quantitative estimate of drug-likeness (QED) is 0.680. The van der Waals surface area contributed by atoms with Crippen molar-refractivity contribution >= 4 is 11.3 Å². The Balaban J connectivity index is 2.55. The fourth-order valence-corrected chi connectivity index (χ4v) is 1.78. The molecule has 0 unspecified atom stereocenters. The van der Waals surface area contributed by atoms with E-state index in [1.165, 1.54) is 0 Å². The minimum absolute atomic E-state index is 0.831. The van der Waals surface area contributed by atoms with E-state index in [9.17, 15) is 0 Å². The summed E-state index contributed by atoms with van der Waals surface area (Å²) >= 11 is 0. The van der Waals surface area contributed by atoms with Crippen molar-refractivity contribution in [3.8, 4) is 0 Å². The first kappa shape index (κ1) is 10.5. The lowest BCUT2D eigenvalue weighted by Crippen LogP contribution is -2.16. The average molecular weight is 209 g/mol. The molecule has 0 amide bonds. The number of para-hydroxylation sites is 1. The zero-order chi connectivity index (χ0) is 11.4. The van der Waals surface area contributed by atoms with Crippen LogP contribution in [0.15, 0.2) is 67.9 Å². The van der Waals surface area contributed by atoms with Crippen molar-refractivity contribution in [1.82, 2.24) is 0 Å². The summed E-state index contributed by atoms with van der Waals surface area (Å²) in [5.41, 5.74) is 3.33. The molecular weight excluding hydrogens is 194 g/mol. The molecule has 0 bridgehead atoms. The molecule has 1 heterocycles. The summed E-state index contributed by atoms with van der Waals surface area (Å²) in [5.74, 6) is 0. The molecule has 0 radical (unpaired) electrons. The van der Waals surface area contributed by atoms with Crippen LogP contribution in [0.2, 0.25) is 0 Å². The van der Waals surface area contributed by atoms with Crippen LogP contribution in [0.3, 0.4) is 0 Å². The number of hydrogen-bond donors (Lipinski definition) is 0. The lowest BCUT2D eigenvalue weighted by Gasteiger charge is -2.21. The standard InChI is InChI=1S/C15H15N/c1-3-16-12-8-4-5-9-13(2)14-10-6-7-11-15(14)16/h3-11H,1-2,12H2/b8-4-,9-5-. The number of allylic oxidation sites excluding steroid dienone is 4. The summed E-state index contributed by atoms with van der Waals surface area (Å²) in [5, 5.41) is 0. The van der Waals surface area contributed by atoms with E-state index in [0.29, 0.717) is 0 Å². The highest BCUT2D eigenvalue weighted by atomic mass is 15.1. The summed E-state index contributed by atoms with van der Waals surface area (Å²) in [6.07, 6.45) is 10.0. The van der Waals surface area contributed by atoms with Gasteiger partial charge in [0.25, 0.3) is 0 Å². The van der Waals surface area contributed by atoms with Crippen molar-refractivity contribution in [3.05, 3.63) is 73.5 Å². The summed E-state index contributed by atoms with van der Waals surface area (Å²) in [6.45, 7) is 8.77. The first-order valence-electron chi connectivity index (χ1n) is 5.33. The number of hydrogen-bond acceptors (Lipinski definition) is 1. The fourth-order valence-electron chi connectivity index (χ4n) is 1.78. The Labute approximate surface area is 96.7 Å². The van der Waals surface area contributed by atoms with E-state index in [1.54, 1.807) is 0 Å². The molecule has 0 fully saturated rings. The van der Waals surface area contributed by atoms with Gasteiger partial charge in [-0.1, -0.05) is 55.7 Å². The van der Waals surface area contributed by atoms with Crippen molar-refractivity contribution in [1.29, 1.82) is 0 Å². The second-order valence-corrected chi connectivity index (χ2v) is 3.66. The van der Waals surface area contributed by atoms with Crippen LogP contribution in [0, 0.1) is 0 Å². The maximum absolute atomic E-state index is 4.09. The molecule has 0 aromatic heterocycles. The van der Waals surface area contributed by atoms with Gasteiger partial charge in [-0.25, -0.2) is 0 Å². The van der Waals surface area contributed by atoms with Gasteiger partial charge in [0, 0.05) is 17.8 Å². The highest BCUT2D eigenvalue weighted by molar-refractivity contribution is 5.82. The number of benzene rings is 1. The highest BCUT2D eigenvalue weighted by Gasteiger charge is 2.08. The molecule has 0 saturated carbocycles. The van der Waals surface area contributed by atoms with Crippen molar-refractivity contribution in [2.75, 3.05) is 11.4 Å². The molecule has 16 heavy (non-hydrogen) atoms. The third kappa shape index (κ3) is 1.98. The molecule has 0 saturated heterocycles. The van der Waals surface area contributed by atoms with E-state index in [0.717, 1.165) is 23.4 Å². The van der Waals surface area contributed by atoms with Crippen LogP contribution in [0.5, 0.6) is 0 Å². The Morgan fingerprint density at radius 2 is 2.00 bits per heavy atom. The molecule has 0 N–H and O–H groups in total. The molecule has 0 atom stereocenters. The van der Waals surface area contributed by atoms with E-state index in [2.05, 4.69) is 36.3 Å². The van der Waals surface area contributed by atoms with Gasteiger partial charge < -0.3 is 4.90 Å². The molecule has 2 rings (SSSR count). The molecule has 0 aliphatic carbocycles. The van der Waals surface area contributed by atoms with Gasteiger partial charge in [0.05, 0.1) is 0 Å². The minimum Gasteiger partial charge on any atom is -0.344 e.